The number of rotatable bonds is 3. The smallest absolute Gasteiger partial charge is 0.0703 e. The van der Waals surface area contributed by atoms with Gasteiger partial charge in [0.2, 0.25) is 0 Å². The molecule has 0 bridgehead atoms. The Bertz CT molecular complexity index is 542. The molecule has 94 valence electrons. The van der Waals surface area contributed by atoms with Crippen molar-refractivity contribution in [2.24, 2.45) is 11.8 Å². The predicted octanol–water partition coefficient (Wildman–Crippen LogP) is 4.08. The molecule has 1 aromatic heterocycles. The zero-order valence-electron chi connectivity index (χ0n) is 11.1. The Morgan fingerprint density at radius 3 is 2.83 bits per heavy atom. The Morgan fingerprint density at radius 1 is 1.22 bits per heavy atom. The summed E-state index contributed by atoms with van der Waals surface area (Å²) in [7, 11) is 0. The van der Waals surface area contributed by atoms with E-state index in [1.165, 1.54) is 23.9 Å². The number of hydrogen-bond donors (Lipinski definition) is 1. The molecule has 0 saturated heterocycles. The van der Waals surface area contributed by atoms with Gasteiger partial charge in [0.05, 0.1) is 5.52 Å². The topological polar surface area (TPSA) is 24.9 Å². The molecule has 1 aliphatic carbocycles. The van der Waals surface area contributed by atoms with Gasteiger partial charge in [-0.3, -0.25) is 4.98 Å². The van der Waals surface area contributed by atoms with Crippen molar-refractivity contribution in [2.45, 2.75) is 32.7 Å². The number of nitrogens with zero attached hydrogens (tertiary/aromatic N) is 1. The lowest BCUT2D eigenvalue weighted by Gasteiger charge is -2.39. The number of benzene rings is 1. The second kappa shape index (κ2) is 4.60. The third-order valence-corrected chi connectivity index (χ3v) is 4.09. The van der Waals surface area contributed by atoms with Crippen molar-refractivity contribution in [1.29, 1.82) is 0 Å². The summed E-state index contributed by atoms with van der Waals surface area (Å²) < 4.78 is 0. The fraction of sp³-hybridized carbons (Fsp3) is 0.438. The van der Waals surface area contributed by atoms with E-state index in [1.54, 1.807) is 0 Å². The number of aromatic nitrogens is 1. The first-order valence-electron chi connectivity index (χ1n) is 6.83. The van der Waals surface area contributed by atoms with Crippen LogP contribution in [0.4, 0.5) is 5.69 Å². The summed E-state index contributed by atoms with van der Waals surface area (Å²) >= 11 is 0. The van der Waals surface area contributed by atoms with Crippen LogP contribution < -0.4 is 5.32 Å². The van der Waals surface area contributed by atoms with Crippen molar-refractivity contribution in [3.8, 4) is 0 Å². The zero-order valence-corrected chi connectivity index (χ0v) is 11.1. The van der Waals surface area contributed by atoms with Gasteiger partial charge in [0.25, 0.3) is 0 Å². The first-order valence-corrected chi connectivity index (χ1v) is 6.83. The molecule has 0 aliphatic heterocycles. The SMILES string of the molecule is CC(C)C1CC(Nc2ccc3ncccc3c2)C1. The molecule has 1 aliphatic rings. The largest absolute Gasteiger partial charge is 0.382 e. The summed E-state index contributed by atoms with van der Waals surface area (Å²) in [6.45, 7) is 4.64. The highest BCUT2D eigenvalue weighted by atomic mass is 14.9. The van der Waals surface area contributed by atoms with E-state index in [4.69, 9.17) is 0 Å². The lowest BCUT2D eigenvalue weighted by Crippen LogP contribution is -2.37. The molecule has 1 fully saturated rings. The normalized spacial score (nSPS) is 23.1. The van der Waals surface area contributed by atoms with Crippen molar-refractivity contribution in [3.63, 3.8) is 0 Å². The first-order chi connectivity index (χ1) is 8.72. The minimum Gasteiger partial charge on any atom is -0.382 e. The van der Waals surface area contributed by atoms with E-state index in [0.717, 1.165) is 17.4 Å². The molecule has 2 heteroatoms. The van der Waals surface area contributed by atoms with Crippen LogP contribution in [0.15, 0.2) is 36.5 Å². The third kappa shape index (κ3) is 2.20. The number of anilines is 1. The van der Waals surface area contributed by atoms with Gasteiger partial charge in [0, 0.05) is 23.3 Å². The van der Waals surface area contributed by atoms with Crippen LogP contribution in [-0.2, 0) is 0 Å². The van der Waals surface area contributed by atoms with Gasteiger partial charge in [-0.15, -0.1) is 0 Å². The van der Waals surface area contributed by atoms with Crippen molar-refractivity contribution in [3.05, 3.63) is 36.5 Å². The van der Waals surface area contributed by atoms with Crippen LogP contribution in [0, 0.1) is 11.8 Å². The maximum Gasteiger partial charge on any atom is 0.0703 e. The highest BCUT2D eigenvalue weighted by molar-refractivity contribution is 5.82. The van der Waals surface area contributed by atoms with E-state index < -0.39 is 0 Å². The molecule has 2 aromatic rings. The van der Waals surface area contributed by atoms with Gasteiger partial charge in [-0.05, 0) is 48.9 Å². The van der Waals surface area contributed by atoms with Crippen LogP contribution in [0.3, 0.4) is 0 Å². The Kier molecular flexibility index (Phi) is 2.94. The quantitative estimate of drug-likeness (QED) is 0.874. The number of nitrogens with one attached hydrogen (secondary N) is 1. The van der Waals surface area contributed by atoms with Crippen LogP contribution in [-0.4, -0.2) is 11.0 Å². The van der Waals surface area contributed by atoms with E-state index in [-0.39, 0.29) is 0 Å². The van der Waals surface area contributed by atoms with Gasteiger partial charge < -0.3 is 5.32 Å². The molecule has 3 rings (SSSR count). The van der Waals surface area contributed by atoms with Crippen molar-refractivity contribution in [2.75, 3.05) is 5.32 Å². The Hall–Kier alpha value is -1.57. The molecule has 1 heterocycles. The van der Waals surface area contributed by atoms with Gasteiger partial charge in [-0.1, -0.05) is 19.9 Å². The van der Waals surface area contributed by atoms with Crippen molar-refractivity contribution in [1.82, 2.24) is 4.98 Å². The van der Waals surface area contributed by atoms with Gasteiger partial charge in [-0.2, -0.15) is 0 Å². The van der Waals surface area contributed by atoms with Crippen LogP contribution in [0.5, 0.6) is 0 Å². The standard InChI is InChI=1S/C16H20N2/c1-11(2)13-9-15(10-13)18-14-5-6-16-12(8-14)4-3-7-17-16/h3-8,11,13,15,18H,9-10H2,1-2H3. The molecule has 0 unspecified atom stereocenters. The number of fused-ring (bicyclic) bond motifs is 1. The van der Waals surface area contributed by atoms with E-state index >= 15 is 0 Å². The van der Waals surface area contributed by atoms with E-state index in [0.29, 0.717) is 6.04 Å². The summed E-state index contributed by atoms with van der Waals surface area (Å²) in [4.78, 5) is 4.34. The summed E-state index contributed by atoms with van der Waals surface area (Å²) in [5.74, 6) is 1.73. The molecular weight excluding hydrogens is 220 g/mol. The molecule has 1 saturated carbocycles. The van der Waals surface area contributed by atoms with E-state index in [2.05, 4.69) is 48.4 Å². The van der Waals surface area contributed by atoms with Crippen molar-refractivity contribution >= 4 is 16.6 Å². The first kappa shape index (κ1) is 11.5. The van der Waals surface area contributed by atoms with Gasteiger partial charge in [0.15, 0.2) is 0 Å². The zero-order chi connectivity index (χ0) is 12.5. The summed E-state index contributed by atoms with van der Waals surface area (Å²) in [6, 6.07) is 11.2. The Labute approximate surface area is 108 Å². The monoisotopic (exact) mass is 240 g/mol. The molecule has 0 spiro atoms. The predicted molar refractivity (Wildman–Crippen MR) is 76.7 cm³/mol. The third-order valence-electron chi connectivity index (χ3n) is 4.09. The lowest BCUT2D eigenvalue weighted by molar-refractivity contribution is 0.212. The Balaban J connectivity index is 1.69. The molecular formula is C16H20N2. The van der Waals surface area contributed by atoms with Crippen molar-refractivity contribution < 1.29 is 0 Å². The number of pyridine rings is 1. The molecule has 0 radical (unpaired) electrons. The molecule has 2 nitrogen and oxygen atoms in total. The maximum absolute atomic E-state index is 4.34. The fourth-order valence-corrected chi connectivity index (χ4v) is 2.73. The van der Waals surface area contributed by atoms with E-state index in [9.17, 15) is 0 Å². The second-order valence-electron chi connectivity index (χ2n) is 5.73. The molecule has 0 atom stereocenters. The van der Waals surface area contributed by atoms with Gasteiger partial charge >= 0.3 is 0 Å². The highest BCUT2D eigenvalue weighted by Crippen LogP contribution is 2.35. The van der Waals surface area contributed by atoms with Crippen LogP contribution in [0.1, 0.15) is 26.7 Å². The van der Waals surface area contributed by atoms with Crippen LogP contribution in [0.2, 0.25) is 0 Å². The summed E-state index contributed by atoms with van der Waals surface area (Å²) in [6.07, 6.45) is 4.46. The molecule has 1 aromatic carbocycles. The minimum atomic E-state index is 0.659. The fourth-order valence-electron chi connectivity index (χ4n) is 2.73. The maximum atomic E-state index is 4.34. The molecule has 18 heavy (non-hydrogen) atoms. The van der Waals surface area contributed by atoms with E-state index in [1.807, 2.05) is 12.3 Å². The highest BCUT2D eigenvalue weighted by Gasteiger charge is 2.30. The summed E-state index contributed by atoms with van der Waals surface area (Å²) in [5.41, 5.74) is 2.29. The lowest BCUT2D eigenvalue weighted by atomic mass is 9.73. The second-order valence-corrected chi connectivity index (χ2v) is 5.73. The average molecular weight is 240 g/mol. The minimum absolute atomic E-state index is 0.659. The number of hydrogen-bond acceptors (Lipinski definition) is 2. The molecule has 0 amide bonds. The Morgan fingerprint density at radius 2 is 2.06 bits per heavy atom. The molecule has 1 N–H and O–H groups in total. The van der Waals surface area contributed by atoms with Crippen LogP contribution in [0.25, 0.3) is 10.9 Å². The van der Waals surface area contributed by atoms with Gasteiger partial charge in [-0.25, -0.2) is 0 Å². The van der Waals surface area contributed by atoms with Gasteiger partial charge in [0.1, 0.15) is 0 Å². The summed E-state index contributed by atoms with van der Waals surface area (Å²) in [5, 5.41) is 4.84. The average Bonchev–Trinajstić information content (AvgIpc) is 2.32. The van der Waals surface area contributed by atoms with Crippen LogP contribution >= 0.6 is 0 Å².